The number of piperidine rings is 1. The molecule has 0 atom stereocenters. The second kappa shape index (κ2) is 6.29. The first-order valence-corrected chi connectivity index (χ1v) is 10.2. The van der Waals surface area contributed by atoms with E-state index in [-0.39, 0.29) is 5.92 Å². The average molecular weight is 355 g/mol. The molecular weight excluding hydrogens is 334 g/mol. The van der Waals surface area contributed by atoms with Crippen LogP contribution in [0.15, 0.2) is 10.4 Å². The first-order valence-electron chi connectivity index (χ1n) is 7.58. The van der Waals surface area contributed by atoms with E-state index in [1.807, 2.05) is 17.9 Å². The van der Waals surface area contributed by atoms with Gasteiger partial charge in [-0.05, 0) is 32.9 Å². The summed E-state index contributed by atoms with van der Waals surface area (Å²) in [6.07, 6.45) is 4.97. The highest BCUT2D eigenvalue weighted by Crippen LogP contribution is 2.33. The standard InChI is InChI=1S/C14H21N5O2S2/c1-10-12(8-15-18(10)2)9-19-6-4-11(5-7-19)13-14(22-17-16-13)23(3,20)21/h8,11H,4-7,9H2,1-3H3. The summed E-state index contributed by atoms with van der Waals surface area (Å²) in [4.78, 5) is 2.39. The van der Waals surface area contributed by atoms with Crippen molar-refractivity contribution in [2.45, 2.75) is 36.4 Å². The van der Waals surface area contributed by atoms with Crippen LogP contribution in [0.3, 0.4) is 0 Å². The third kappa shape index (κ3) is 3.46. The molecule has 0 N–H and O–H groups in total. The summed E-state index contributed by atoms with van der Waals surface area (Å²) in [6.45, 7) is 4.83. The van der Waals surface area contributed by atoms with Crippen molar-refractivity contribution in [2.24, 2.45) is 7.05 Å². The van der Waals surface area contributed by atoms with Crippen LogP contribution in [0.4, 0.5) is 0 Å². The number of nitrogens with zero attached hydrogens (tertiary/aromatic N) is 5. The maximum Gasteiger partial charge on any atom is 0.188 e. The van der Waals surface area contributed by atoms with E-state index in [9.17, 15) is 8.42 Å². The topological polar surface area (TPSA) is 81.0 Å². The lowest BCUT2D eigenvalue weighted by atomic mass is 9.94. The van der Waals surface area contributed by atoms with Gasteiger partial charge in [-0.1, -0.05) is 4.49 Å². The Balaban J connectivity index is 1.65. The fourth-order valence-corrected chi connectivity index (χ4v) is 4.73. The van der Waals surface area contributed by atoms with Gasteiger partial charge in [-0.3, -0.25) is 9.58 Å². The van der Waals surface area contributed by atoms with Gasteiger partial charge < -0.3 is 0 Å². The molecule has 0 aliphatic carbocycles. The molecule has 3 heterocycles. The highest BCUT2D eigenvalue weighted by Gasteiger charge is 2.29. The lowest BCUT2D eigenvalue weighted by molar-refractivity contribution is 0.202. The van der Waals surface area contributed by atoms with Gasteiger partial charge in [0.25, 0.3) is 0 Å². The Hall–Kier alpha value is -1.32. The molecule has 0 saturated carbocycles. The van der Waals surface area contributed by atoms with Gasteiger partial charge in [0.1, 0.15) is 0 Å². The number of aryl methyl sites for hydroxylation is 1. The van der Waals surface area contributed by atoms with E-state index in [0.717, 1.165) is 44.0 Å². The summed E-state index contributed by atoms with van der Waals surface area (Å²) in [5.74, 6) is 0.185. The van der Waals surface area contributed by atoms with Crippen molar-refractivity contribution in [1.29, 1.82) is 0 Å². The monoisotopic (exact) mass is 355 g/mol. The van der Waals surface area contributed by atoms with E-state index in [2.05, 4.69) is 26.5 Å². The molecule has 0 radical (unpaired) electrons. The molecule has 2 aromatic heterocycles. The van der Waals surface area contributed by atoms with E-state index < -0.39 is 9.84 Å². The zero-order valence-corrected chi connectivity index (χ0v) is 15.2. The zero-order valence-electron chi connectivity index (χ0n) is 13.6. The predicted molar refractivity (Wildman–Crippen MR) is 88.2 cm³/mol. The summed E-state index contributed by atoms with van der Waals surface area (Å²) in [5.41, 5.74) is 3.10. The van der Waals surface area contributed by atoms with Gasteiger partial charge in [0.2, 0.25) is 0 Å². The molecule has 1 saturated heterocycles. The Bertz CT molecular complexity index is 788. The van der Waals surface area contributed by atoms with Crippen LogP contribution in [0.25, 0.3) is 0 Å². The lowest BCUT2D eigenvalue weighted by Gasteiger charge is -2.31. The van der Waals surface area contributed by atoms with Crippen LogP contribution in [0.5, 0.6) is 0 Å². The van der Waals surface area contributed by atoms with Crippen LogP contribution in [0.1, 0.15) is 35.7 Å². The molecule has 0 spiro atoms. The molecule has 1 fully saturated rings. The molecule has 0 aromatic carbocycles. The third-order valence-electron chi connectivity index (χ3n) is 4.52. The molecule has 3 rings (SSSR count). The normalized spacial score (nSPS) is 17.7. The Morgan fingerprint density at radius 3 is 2.61 bits per heavy atom. The van der Waals surface area contributed by atoms with Gasteiger partial charge in [0.05, 0.1) is 11.9 Å². The Labute approximate surface area is 140 Å². The van der Waals surface area contributed by atoms with Crippen LogP contribution in [-0.4, -0.2) is 52.0 Å². The number of hydrogen-bond donors (Lipinski definition) is 0. The minimum Gasteiger partial charge on any atom is -0.299 e. The maximum atomic E-state index is 11.8. The maximum absolute atomic E-state index is 11.8. The zero-order chi connectivity index (χ0) is 16.6. The van der Waals surface area contributed by atoms with Crippen molar-refractivity contribution in [1.82, 2.24) is 24.3 Å². The molecule has 0 unspecified atom stereocenters. The van der Waals surface area contributed by atoms with Gasteiger partial charge in [0.15, 0.2) is 14.0 Å². The number of sulfone groups is 1. The van der Waals surface area contributed by atoms with Crippen LogP contribution < -0.4 is 0 Å². The highest BCUT2D eigenvalue weighted by atomic mass is 32.2. The molecule has 7 nitrogen and oxygen atoms in total. The van der Waals surface area contributed by atoms with Gasteiger partial charge in [-0.15, -0.1) is 5.10 Å². The molecule has 0 bridgehead atoms. The molecule has 1 aliphatic heterocycles. The van der Waals surface area contributed by atoms with Crippen LogP contribution in [-0.2, 0) is 23.4 Å². The Kier molecular flexibility index (Phi) is 4.52. The molecule has 126 valence electrons. The number of likely N-dealkylation sites (tertiary alicyclic amines) is 1. The van der Waals surface area contributed by atoms with Crippen molar-refractivity contribution in [3.05, 3.63) is 23.1 Å². The first-order chi connectivity index (χ1) is 10.9. The fraction of sp³-hybridized carbons (Fsp3) is 0.643. The van der Waals surface area contributed by atoms with Crippen LogP contribution >= 0.6 is 11.5 Å². The SMILES string of the molecule is Cc1c(CN2CCC(c3nnsc3S(C)(=O)=O)CC2)cnn1C. The average Bonchev–Trinajstić information content (AvgIpc) is 3.10. The van der Waals surface area contributed by atoms with E-state index in [4.69, 9.17) is 0 Å². The Morgan fingerprint density at radius 1 is 1.35 bits per heavy atom. The van der Waals surface area contributed by atoms with Crippen molar-refractivity contribution >= 4 is 21.4 Å². The second-order valence-corrected chi connectivity index (χ2v) is 9.11. The summed E-state index contributed by atoms with van der Waals surface area (Å²) in [5, 5.41) is 8.37. The predicted octanol–water partition coefficient (Wildman–Crippen LogP) is 1.36. The molecular formula is C14H21N5O2S2. The largest absolute Gasteiger partial charge is 0.299 e. The molecule has 2 aromatic rings. The Morgan fingerprint density at radius 2 is 2.04 bits per heavy atom. The van der Waals surface area contributed by atoms with Crippen molar-refractivity contribution in [3.8, 4) is 0 Å². The minimum atomic E-state index is -3.24. The van der Waals surface area contributed by atoms with Crippen LogP contribution in [0, 0.1) is 6.92 Å². The third-order valence-corrected chi connectivity index (χ3v) is 7.08. The number of aromatic nitrogens is 4. The molecule has 1 aliphatic rings. The summed E-state index contributed by atoms with van der Waals surface area (Å²) < 4.78 is 29.7. The number of hydrogen-bond acceptors (Lipinski definition) is 7. The summed E-state index contributed by atoms with van der Waals surface area (Å²) in [7, 11) is -1.28. The smallest absolute Gasteiger partial charge is 0.188 e. The van der Waals surface area contributed by atoms with Gasteiger partial charge in [-0.25, -0.2) is 8.42 Å². The van der Waals surface area contributed by atoms with Crippen molar-refractivity contribution in [3.63, 3.8) is 0 Å². The summed E-state index contributed by atoms with van der Waals surface area (Å²) >= 11 is 0.985. The highest BCUT2D eigenvalue weighted by molar-refractivity contribution is 7.92. The van der Waals surface area contributed by atoms with E-state index in [0.29, 0.717) is 9.90 Å². The lowest BCUT2D eigenvalue weighted by Crippen LogP contribution is -2.33. The van der Waals surface area contributed by atoms with Gasteiger partial charge >= 0.3 is 0 Å². The fourth-order valence-electron chi connectivity index (χ4n) is 3.00. The quantitative estimate of drug-likeness (QED) is 0.824. The summed E-state index contributed by atoms with van der Waals surface area (Å²) in [6, 6.07) is 0. The second-order valence-electron chi connectivity index (χ2n) is 6.15. The van der Waals surface area contributed by atoms with E-state index in [1.165, 1.54) is 17.5 Å². The van der Waals surface area contributed by atoms with Crippen LogP contribution in [0.2, 0.25) is 0 Å². The molecule has 23 heavy (non-hydrogen) atoms. The first kappa shape index (κ1) is 16.5. The number of rotatable bonds is 4. The van der Waals surface area contributed by atoms with Crippen molar-refractivity contribution < 1.29 is 8.42 Å². The minimum absolute atomic E-state index is 0.185. The van der Waals surface area contributed by atoms with Gasteiger partial charge in [-0.2, -0.15) is 5.10 Å². The van der Waals surface area contributed by atoms with E-state index >= 15 is 0 Å². The molecule has 9 heteroatoms. The van der Waals surface area contributed by atoms with E-state index in [1.54, 1.807) is 0 Å². The van der Waals surface area contributed by atoms with Crippen molar-refractivity contribution in [2.75, 3.05) is 19.3 Å². The molecule has 0 amide bonds. The van der Waals surface area contributed by atoms with Gasteiger partial charge in [0, 0.05) is 48.6 Å².